The van der Waals surface area contributed by atoms with Crippen LogP contribution in [0.15, 0.2) is 11.8 Å². The Morgan fingerprint density at radius 1 is 0.957 bits per heavy atom. The first-order chi connectivity index (χ1) is 23.0. The molecule has 1 amide bonds. The number of carbonyl (C=O) groups excluding carboxylic acids is 2. The van der Waals surface area contributed by atoms with Gasteiger partial charge in [-0.25, -0.2) is 4.39 Å². The van der Waals surface area contributed by atoms with E-state index in [1.807, 2.05) is 6.20 Å². The van der Waals surface area contributed by atoms with E-state index in [2.05, 4.69) is 32.4 Å². The van der Waals surface area contributed by atoms with E-state index in [9.17, 15) is 9.59 Å². The number of fused-ring (bicyclic) bond motifs is 5. The number of alkyl halides is 1. The van der Waals surface area contributed by atoms with Gasteiger partial charge in [0.2, 0.25) is 0 Å². The highest BCUT2D eigenvalue weighted by molar-refractivity contribution is 6.20. The molecule has 0 aromatic rings. The Balaban J connectivity index is 1.01. The number of halogens is 1. The van der Waals surface area contributed by atoms with Crippen LogP contribution in [-0.2, 0) is 23.8 Å². The van der Waals surface area contributed by atoms with Gasteiger partial charge in [0.05, 0.1) is 61.3 Å². The fraction of sp³-hybridized carbons (Fsp3) is 0.889. The van der Waals surface area contributed by atoms with Crippen LogP contribution in [-0.4, -0.2) is 141 Å². The zero-order valence-corrected chi connectivity index (χ0v) is 28.2. The first kappa shape index (κ1) is 32.6. The molecule has 5 aliphatic heterocycles. The molecule has 10 nitrogen and oxygen atoms in total. The van der Waals surface area contributed by atoms with Crippen molar-refractivity contribution < 1.29 is 28.2 Å². The van der Waals surface area contributed by atoms with Gasteiger partial charge in [0.15, 0.2) is 5.78 Å². The molecule has 7 fully saturated rings. The van der Waals surface area contributed by atoms with Crippen molar-refractivity contribution in [3.8, 4) is 0 Å². The maximum absolute atomic E-state index is 16.3. The standard InChI is InChI=1S/C36H56FN5O5/c1-40-12-4-6-22(40)9-11-38-32-27(37)18-25-33-35(32)47-31-19-24-23-7-2-3-8-29(23)46-30(24)20-28(31)42(33)21-26(34(25)43)36(44)39-10-5-13-41-14-16-45-17-15-41/h21-25,27-33,35,38H,2-20H2,1H3,(H,39,44). The lowest BCUT2D eigenvalue weighted by Gasteiger charge is -2.60. The molecule has 47 heavy (non-hydrogen) atoms. The van der Waals surface area contributed by atoms with Gasteiger partial charge in [-0.1, -0.05) is 12.8 Å². The van der Waals surface area contributed by atoms with E-state index in [0.717, 1.165) is 78.0 Å². The number of likely N-dealkylation sites (tertiary alicyclic amines) is 1. The van der Waals surface area contributed by atoms with E-state index in [1.54, 1.807) is 0 Å². The van der Waals surface area contributed by atoms with Crippen molar-refractivity contribution in [3.05, 3.63) is 11.8 Å². The molecule has 11 heteroatoms. The molecule has 0 bridgehead atoms. The second-order valence-corrected chi connectivity index (χ2v) is 15.8. The molecule has 2 N–H and O–H groups in total. The summed E-state index contributed by atoms with van der Waals surface area (Å²) < 4.78 is 35.5. The molecule has 12 atom stereocenters. The third kappa shape index (κ3) is 6.31. The van der Waals surface area contributed by atoms with Crippen molar-refractivity contribution in [2.75, 3.05) is 59.5 Å². The molecule has 3 saturated carbocycles. The van der Waals surface area contributed by atoms with Crippen LogP contribution in [0.2, 0.25) is 0 Å². The minimum atomic E-state index is -1.21. The number of morpholine rings is 2. The Hall–Kier alpha value is -1.63. The smallest absolute Gasteiger partial charge is 0.256 e. The third-order valence-corrected chi connectivity index (χ3v) is 13.3. The average Bonchev–Trinajstić information content (AvgIpc) is 3.66. The summed E-state index contributed by atoms with van der Waals surface area (Å²) in [6, 6.07) is -0.203. The molecule has 0 aromatic carbocycles. The predicted molar refractivity (Wildman–Crippen MR) is 174 cm³/mol. The molecule has 4 saturated heterocycles. The van der Waals surface area contributed by atoms with Gasteiger partial charge < -0.3 is 34.6 Å². The Bertz CT molecular complexity index is 1180. The van der Waals surface area contributed by atoms with Crippen molar-refractivity contribution >= 4 is 11.7 Å². The molecule has 262 valence electrons. The van der Waals surface area contributed by atoms with Gasteiger partial charge >= 0.3 is 0 Å². The van der Waals surface area contributed by atoms with Crippen LogP contribution >= 0.6 is 0 Å². The fourth-order valence-electron chi connectivity index (χ4n) is 10.8. The van der Waals surface area contributed by atoms with Crippen LogP contribution in [0.5, 0.6) is 0 Å². The van der Waals surface area contributed by atoms with Crippen molar-refractivity contribution in [2.45, 2.75) is 125 Å². The molecule has 12 unspecified atom stereocenters. The second-order valence-electron chi connectivity index (χ2n) is 15.8. The molecule has 0 radical (unpaired) electrons. The second kappa shape index (κ2) is 13.9. The molecule has 8 aliphatic rings. The van der Waals surface area contributed by atoms with Gasteiger partial charge in [0.25, 0.3) is 5.91 Å². The van der Waals surface area contributed by atoms with Crippen LogP contribution in [0.4, 0.5) is 4.39 Å². The zero-order valence-electron chi connectivity index (χ0n) is 28.2. The summed E-state index contributed by atoms with van der Waals surface area (Å²) in [4.78, 5) is 34.7. The minimum Gasteiger partial charge on any atom is -0.379 e. The highest BCUT2D eigenvalue weighted by atomic mass is 19.1. The Morgan fingerprint density at radius 2 is 1.81 bits per heavy atom. The van der Waals surface area contributed by atoms with Crippen molar-refractivity contribution in [2.24, 2.45) is 17.8 Å². The van der Waals surface area contributed by atoms with Gasteiger partial charge in [-0.15, -0.1) is 0 Å². The lowest BCUT2D eigenvalue weighted by atomic mass is 9.67. The van der Waals surface area contributed by atoms with Gasteiger partial charge in [-0.2, -0.15) is 0 Å². The maximum atomic E-state index is 16.3. The van der Waals surface area contributed by atoms with E-state index in [-0.39, 0.29) is 48.0 Å². The molecule has 0 aromatic heterocycles. The number of Topliss-reactive ketones (excluding diaryl/α,β-unsaturated/α-hetero) is 1. The topological polar surface area (TPSA) is 95.6 Å². The van der Waals surface area contributed by atoms with Crippen molar-refractivity contribution in [1.82, 2.24) is 25.3 Å². The summed E-state index contributed by atoms with van der Waals surface area (Å²) in [6.07, 6.45) is 11.6. The number of ketones is 1. The van der Waals surface area contributed by atoms with Crippen LogP contribution in [0.1, 0.15) is 70.6 Å². The van der Waals surface area contributed by atoms with Gasteiger partial charge in [0, 0.05) is 37.8 Å². The number of amides is 1. The van der Waals surface area contributed by atoms with E-state index in [0.29, 0.717) is 30.5 Å². The number of carbonyl (C=O) groups is 2. The zero-order chi connectivity index (χ0) is 32.1. The first-order valence-corrected chi connectivity index (χ1v) is 19.0. The quantitative estimate of drug-likeness (QED) is 0.286. The molecular weight excluding hydrogens is 601 g/mol. The van der Waals surface area contributed by atoms with Crippen LogP contribution in [0, 0.1) is 17.8 Å². The average molecular weight is 658 g/mol. The summed E-state index contributed by atoms with van der Waals surface area (Å²) in [6.45, 7) is 6.55. The summed E-state index contributed by atoms with van der Waals surface area (Å²) >= 11 is 0. The number of hydrogen-bond donors (Lipinski definition) is 2. The Morgan fingerprint density at radius 3 is 2.64 bits per heavy atom. The fourth-order valence-corrected chi connectivity index (χ4v) is 10.8. The number of nitrogens with one attached hydrogen (secondary N) is 2. The number of hydrogen-bond acceptors (Lipinski definition) is 9. The van der Waals surface area contributed by atoms with E-state index >= 15 is 4.39 Å². The molecule has 3 aliphatic carbocycles. The largest absolute Gasteiger partial charge is 0.379 e. The minimum absolute atomic E-state index is 0.0151. The lowest BCUT2D eigenvalue weighted by molar-refractivity contribution is -0.209. The summed E-state index contributed by atoms with van der Waals surface area (Å²) in [7, 11) is 2.18. The molecule has 8 rings (SSSR count). The first-order valence-electron chi connectivity index (χ1n) is 19.0. The van der Waals surface area contributed by atoms with Gasteiger partial charge in [-0.3, -0.25) is 14.5 Å². The van der Waals surface area contributed by atoms with Gasteiger partial charge in [-0.05, 0) is 96.3 Å². The molecule has 0 spiro atoms. The van der Waals surface area contributed by atoms with E-state index < -0.39 is 24.2 Å². The Labute approximate surface area is 279 Å². The van der Waals surface area contributed by atoms with Crippen LogP contribution in [0.25, 0.3) is 0 Å². The SMILES string of the molecule is CN1CCCC1CCNC1C(F)CC2C(=O)C(C(=O)NCCCN3CCOCC3)=CN3C4CC5OC6CCCCC6C5CC4OC1C23. The maximum Gasteiger partial charge on any atom is 0.256 e. The van der Waals surface area contributed by atoms with Crippen molar-refractivity contribution in [1.29, 1.82) is 0 Å². The highest BCUT2D eigenvalue weighted by Crippen LogP contribution is 2.52. The van der Waals surface area contributed by atoms with Gasteiger partial charge in [0.1, 0.15) is 6.17 Å². The van der Waals surface area contributed by atoms with Crippen LogP contribution in [0.3, 0.4) is 0 Å². The molecule has 5 heterocycles. The van der Waals surface area contributed by atoms with E-state index in [1.165, 1.54) is 32.1 Å². The number of ether oxygens (including phenoxy) is 3. The summed E-state index contributed by atoms with van der Waals surface area (Å²) in [5, 5.41) is 6.64. The van der Waals surface area contributed by atoms with Crippen molar-refractivity contribution in [3.63, 3.8) is 0 Å². The monoisotopic (exact) mass is 657 g/mol. The number of nitrogens with zero attached hydrogens (tertiary/aromatic N) is 3. The predicted octanol–water partition coefficient (Wildman–Crippen LogP) is 2.27. The molecular formula is C36H56FN5O5. The van der Waals surface area contributed by atoms with E-state index in [4.69, 9.17) is 14.2 Å². The summed E-state index contributed by atoms with van der Waals surface area (Å²) in [5.74, 6) is -0.109. The normalized spacial score (nSPS) is 43.5. The number of rotatable bonds is 9. The van der Waals surface area contributed by atoms with Crippen LogP contribution < -0.4 is 10.6 Å². The summed E-state index contributed by atoms with van der Waals surface area (Å²) in [5.41, 5.74) is 0.183. The highest BCUT2D eigenvalue weighted by Gasteiger charge is 2.61. The lowest BCUT2D eigenvalue weighted by Crippen LogP contribution is -2.73. The third-order valence-electron chi connectivity index (χ3n) is 13.3. The Kier molecular flexibility index (Phi) is 9.66.